The molecule has 0 rings (SSSR count). The van der Waals surface area contributed by atoms with E-state index < -0.39 is 5.60 Å². The van der Waals surface area contributed by atoms with Gasteiger partial charge in [0.05, 0.1) is 0 Å². The topological polar surface area (TPSA) is 67.6 Å². The zero-order valence-electron chi connectivity index (χ0n) is 20.2. The molecular weight excluding hydrogens is 362 g/mol. The molecule has 0 aliphatic heterocycles. The molecule has 0 aliphatic carbocycles. The number of hydrogen-bond donors (Lipinski definition) is 2. The van der Waals surface area contributed by atoms with E-state index in [2.05, 4.69) is 19.2 Å². The van der Waals surface area contributed by atoms with Gasteiger partial charge in [-0.05, 0) is 72.5 Å². The van der Waals surface area contributed by atoms with Crippen LogP contribution in [0.3, 0.4) is 0 Å². The van der Waals surface area contributed by atoms with Crippen LogP contribution in [0.4, 0.5) is 4.79 Å². The summed E-state index contributed by atoms with van der Waals surface area (Å²) in [7, 11) is 0. The van der Waals surface area contributed by atoms with E-state index in [4.69, 9.17) is 10.5 Å². The Hall–Kier alpha value is -0.810. The predicted octanol–water partition coefficient (Wildman–Crippen LogP) is 5.86. The number of carbonyl (C=O) groups excluding carboxylic acids is 1. The molecule has 0 heterocycles. The molecule has 0 fully saturated rings. The number of rotatable bonds is 18. The van der Waals surface area contributed by atoms with Gasteiger partial charge in [0, 0.05) is 12.6 Å². The van der Waals surface area contributed by atoms with E-state index in [9.17, 15) is 4.79 Å². The Labute approximate surface area is 181 Å². The third-order valence-corrected chi connectivity index (χ3v) is 5.14. The molecule has 0 aromatic carbocycles. The van der Waals surface area contributed by atoms with Crippen molar-refractivity contribution < 1.29 is 9.53 Å². The van der Waals surface area contributed by atoms with Crippen molar-refractivity contribution in [3.05, 3.63) is 0 Å². The van der Waals surface area contributed by atoms with Crippen LogP contribution in [-0.2, 0) is 4.74 Å². The molecule has 3 N–H and O–H groups in total. The summed E-state index contributed by atoms with van der Waals surface area (Å²) in [6.45, 7) is 13.8. The van der Waals surface area contributed by atoms with Gasteiger partial charge < -0.3 is 20.7 Å². The van der Waals surface area contributed by atoms with Gasteiger partial charge in [0.2, 0.25) is 0 Å². The third kappa shape index (κ3) is 16.7. The summed E-state index contributed by atoms with van der Waals surface area (Å²) in [6.07, 6.45) is 13.9. The van der Waals surface area contributed by atoms with Crippen LogP contribution in [0.2, 0.25) is 0 Å². The summed E-state index contributed by atoms with van der Waals surface area (Å²) in [4.78, 5) is 15.0. The third-order valence-electron chi connectivity index (χ3n) is 5.14. The van der Waals surface area contributed by atoms with Crippen LogP contribution in [0.1, 0.15) is 112 Å². The number of ether oxygens (including phenoxy) is 1. The first kappa shape index (κ1) is 28.2. The maximum absolute atomic E-state index is 12.9. The Morgan fingerprint density at radius 1 is 0.897 bits per heavy atom. The molecule has 0 bridgehead atoms. The number of hydrogen-bond acceptors (Lipinski definition) is 4. The minimum atomic E-state index is -0.448. The monoisotopic (exact) mass is 413 g/mol. The fourth-order valence-corrected chi connectivity index (χ4v) is 3.58. The van der Waals surface area contributed by atoms with E-state index >= 15 is 0 Å². The molecule has 5 nitrogen and oxygen atoms in total. The Balaban J connectivity index is 4.66. The molecule has 0 aromatic heterocycles. The molecule has 29 heavy (non-hydrogen) atoms. The molecule has 174 valence electrons. The summed E-state index contributed by atoms with van der Waals surface area (Å²) < 4.78 is 5.75. The second kappa shape index (κ2) is 18.0. The molecule has 0 spiro atoms. The number of unbranched alkanes of at least 4 members (excludes halogenated alkanes) is 6. The number of nitrogens with zero attached hydrogens (tertiary/aromatic N) is 1. The Kier molecular flexibility index (Phi) is 17.5. The van der Waals surface area contributed by atoms with Gasteiger partial charge in [0.1, 0.15) is 5.60 Å². The lowest BCUT2D eigenvalue weighted by Crippen LogP contribution is -2.44. The minimum Gasteiger partial charge on any atom is -0.444 e. The van der Waals surface area contributed by atoms with Gasteiger partial charge >= 0.3 is 6.09 Å². The largest absolute Gasteiger partial charge is 0.444 e. The summed E-state index contributed by atoms with van der Waals surface area (Å²) >= 11 is 0. The van der Waals surface area contributed by atoms with Gasteiger partial charge in [0.15, 0.2) is 0 Å². The van der Waals surface area contributed by atoms with Gasteiger partial charge in [-0.3, -0.25) is 0 Å². The lowest BCUT2D eigenvalue weighted by Gasteiger charge is -2.34. The maximum atomic E-state index is 12.9. The molecule has 5 heteroatoms. The van der Waals surface area contributed by atoms with Crippen molar-refractivity contribution in [2.45, 2.75) is 123 Å². The normalized spacial score (nSPS) is 12.8. The van der Waals surface area contributed by atoms with Crippen LogP contribution >= 0.6 is 0 Å². The zero-order chi connectivity index (χ0) is 22.0. The highest BCUT2D eigenvalue weighted by Gasteiger charge is 2.27. The van der Waals surface area contributed by atoms with Crippen molar-refractivity contribution in [3.63, 3.8) is 0 Å². The highest BCUT2D eigenvalue weighted by molar-refractivity contribution is 5.68. The highest BCUT2D eigenvalue weighted by Crippen LogP contribution is 2.20. The van der Waals surface area contributed by atoms with Crippen molar-refractivity contribution in [1.82, 2.24) is 10.2 Å². The van der Waals surface area contributed by atoms with E-state index in [1.165, 1.54) is 38.5 Å². The average Bonchev–Trinajstić information content (AvgIpc) is 2.64. The molecule has 1 atom stereocenters. The van der Waals surface area contributed by atoms with Crippen LogP contribution in [0.25, 0.3) is 0 Å². The summed E-state index contributed by atoms with van der Waals surface area (Å²) in [6, 6.07) is 0.297. The molecule has 0 saturated heterocycles. The summed E-state index contributed by atoms with van der Waals surface area (Å²) in [5, 5.41) is 3.43. The first-order valence-electron chi connectivity index (χ1n) is 12.3. The second-order valence-corrected chi connectivity index (χ2v) is 9.27. The van der Waals surface area contributed by atoms with Gasteiger partial charge in [0.25, 0.3) is 0 Å². The molecule has 0 saturated carbocycles. The molecular formula is C24H51N3O2. The smallest absolute Gasteiger partial charge is 0.410 e. The van der Waals surface area contributed by atoms with Crippen LogP contribution in [-0.4, -0.2) is 48.8 Å². The van der Waals surface area contributed by atoms with Crippen LogP contribution in [0.5, 0.6) is 0 Å². The number of carbonyl (C=O) groups is 1. The van der Waals surface area contributed by atoms with Crippen molar-refractivity contribution in [3.8, 4) is 0 Å². The zero-order valence-corrected chi connectivity index (χ0v) is 20.2. The fourth-order valence-electron chi connectivity index (χ4n) is 3.58. The molecule has 0 radical (unpaired) electrons. The van der Waals surface area contributed by atoms with Crippen LogP contribution in [0.15, 0.2) is 0 Å². The molecule has 1 unspecified atom stereocenters. The second-order valence-electron chi connectivity index (χ2n) is 9.27. The van der Waals surface area contributed by atoms with Gasteiger partial charge in [-0.15, -0.1) is 0 Å². The lowest BCUT2D eigenvalue weighted by molar-refractivity contribution is 0.0135. The SMILES string of the molecule is CCCCCCCCC(CCC)N(CCCCNCCCN)C(=O)OC(C)(C)C. The quantitative estimate of drug-likeness (QED) is 0.276. The lowest BCUT2D eigenvalue weighted by atomic mass is 10.0. The van der Waals surface area contributed by atoms with E-state index in [-0.39, 0.29) is 6.09 Å². The van der Waals surface area contributed by atoms with E-state index in [1.54, 1.807) is 0 Å². The number of amides is 1. The van der Waals surface area contributed by atoms with E-state index in [0.29, 0.717) is 6.04 Å². The Morgan fingerprint density at radius 3 is 2.17 bits per heavy atom. The Bertz CT molecular complexity index is 383. The molecule has 1 amide bonds. The van der Waals surface area contributed by atoms with Crippen LogP contribution < -0.4 is 11.1 Å². The van der Waals surface area contributed by atoms with Crippen molar-refractivity contribution in [2.24, 2.45) is 5.73 Å². The van der Waals surface area contributed by atoms with Gasteiger partial charge in [-0.1, -0.05) is 58.8 Å². The summed E-state index contributed by atoms with van der Waals surface area (Å²) in [5.74, 6) is 0. The highest BCUT2D eigenvalue weighted by atomic mass is 16.6. The molecule has 0 aliphatic rings. The summed E-state index contributed by atoms with van der Waals surface area (Å²) in [5.41, 5.74) is 5.08. The van der Waals surface area contributed by atoms with Gasteiger partial charge in [-0.2, -0.15) is 0 Å². The van der Waals surface area contributed by atoms with Gasteiger partial charge in [-0.25, -0.2) is 4.79 Å². The standard InChI is InChI=1S/C24H51N3O2/c1-6-8-9-10-11-12-17-22(16-7-2)27(23(28)29-24(3,4)5)21-14-13-19-26-20-15-18-25/h22,26H,6-21,25H2,1-5H3. The predicted molar refractivity (Wildman–Crippen MR) is 125 cm³/mol. The first-order valence-corrected chi connectivity index (χ1v) is 12.3. The molecule has 0 aromatic rings. The number of nitrogens with one attached hydrogen (secondary N) is 1. The average molecular weight is 414 g/mol. The van der Waals surface area contributed by atoms with E-state index in [0.717, 1.165) is 64.7 Å². The first-order chi connectivity index (χ1) is 13.9. The van der Waals surface area contributed by atoms with E-state index in [1.807, 2.05) is 25.7 Å². The fraction of sp³-hybridized carbons (Fsp3) is 0.958. The minimum absolute atomic E-state index is 0.141. The van der Waals surface area contributed by atoms with Crippen molar-refractivity contribution >= 4 is 6.09 Å². The Morgan fingerprint density at radius 2 is 1.55 bits per heavy atom. The maximum Gasteiger partial charge on any atom is 0.410 e. The van der Waals surface area contributed by atoms with Crippen molar-refractivity contribution in [2.75, 3.05) is 26.2 Å². The van der Waals surface area contributed by atoms with Crippen molar-refractivity contribution in [1.29, 1.82) is 0 Å². The van der Waals surface area contributed by atoms with Crippen LogP contribution in [0, 0.1) is 0 Å². The number of nitrogens with two attached hydrogens (primary N) is 1.